The van der Waals surface area contributed by atoms with Gasteiger partial charge in [0.15, 0.2) is 0 Å². The van der Waals surface area contributed by atoms with Crippen LogP contribution < -0.4 is 4.74 Å². The molecule has 2 aromatic carbocycles. The number of nitrogens with zero attached hydrogens (tertiary/aromatic N) is 1. The van der Waals surface area contributed by atoms with Crippen molar-refractivity contribution in [3.05, 3.63) is 58.1 Å². The lowest BCUT2D eigenvalue weighted by atomic mass is 10.1. The zero-order valence-corrected chi connectivity index (χ0v) is 10.9. The summed E-state index contributed by atoms with van der Waals surface area (Å²) in [6.45, 7) is 1.97. The molecule has 2 aromatic rings. The molecule has 0 aliphatic carbocycles. The molecule has 0 heterocycles. The fourth-order valence-electron chi connectivity index (χ4n) is 1.44. The van der Waals surface area contributed by atoms with Crippen LogP contribution in [0.5, 0.6) is 11.5 Å². The van der Waals surface area contributed by atoms with Crippen LogP contribution in [-0.4, -0.2) is 0 Å². The second-order valence-electron chi connectivity index (χ2n) is 3.67. The van der Waals surface area contributed by atoms with Crippen molar-refractivity contribution in [1.29, 1.82) is 5.26 Å². The van der Waals surface area contributed by atoms with Crippen LogP contribution in [-0.2, 0) is 0 Å². The summed E-state index contributed by atoms with van der Waals surface area (Å²) in [4.78, 5) is 0. The number of hydrogen-bond donors (Lipinski definition) is 0. The number of ether oxygens (including phenoxy) is 1. The highest BCUT2D eigenvalue weighted by molar-refractivity contribution is 9.10. The van der Waals surface area contributed by atoms with Crippen LogP contribution in [0.4, 0.5) is 0 Å². The van der Waals surface area contributed by atoms with E-state index in [2.05, 4.69) is 22.0 Å². The van der Waals surface area contributed by atoms with E-state index in [9.17, 15) is 0 Å². The summed E-state index contributed by atoms with van der Waals surface area (Å²) in [5, 5.41) is 8.99. The molecule has 0 N–H and O–H groups in total. The average molecular weight is 288 g/mol. The molecule has 0 unspecified atom stereocenters. The van der Waals surface area contributed by atoms with Crippen LogP contribution in [0.3, 0.4) is 0 Å². The Morgan fingerprint density at radius 1 is 1.12 bits per heavy atom. The van der Waals surface area contributed by atoms with Gasteiger partial charge >= 0.3 is 0 Å². The summed E-state index contributed by atoms with van der Waals surface area (Å²) in [5.41, 5.74) is 1.61. The van der Waals surface area contributed by atoms with Crippen LogP contribution >= 0.6 is 15.9 Å². The molecule has 0 saturated carbocycles. The van der Waals surface area contributed by atoms with E-state index in [0.29, 0.717) is 11.3 Å². The summed E-state index contributed by atoms with van der Waals surface area (Å²) < 4.78 is 6.69. The topological polar surface area (TPSA) is 33.0 Å². The largest absolute Gasteiger partial charge is 0.456 e. The second-order valence-corrected chi connectivity index (χ2v) is 4.58. The van der Waals surface area contributed by atoms with Crippen molar-refractivity contribution < 1.29 is 4.74 Å². The minimum atomic E-state index is 0.540. The van der Waals surface area contributed by atoms with Crippen molar-refractivity contribution in [3.8, 4) is 17.6 Å². The van der Waals surface area contributed by atoms with Gasteiger partial charge in [0.05, 0.1) is 5.56 Å². The molecule has 0 atom stereocenters. The van der Waals surface area contributed by atoms with Gasteiger partial charge in [-0.25, -0.2) is 0 Å². The van der Waals surface area contributed by atoms with Crippen LogP contribution in [0.1, 0.15) is 11.1 Å². The first-order valence-electron chi connectivity index (χ1n) is 5.13. The van der Waals surface area contributed by atoms with Crippen molar-refractivity contribution in [1.82, 2.24) is 0 Å². The fourth-order valence-corrected chi connectivity index (χ4v) is 1.70. The average Bonchev–Trinajstić information content (AvgIpc) is 2.32. The van der Waals surface area contributed by atoms with Gasteiger partial charge in [-0.05, 0) is 48.9 Å². The molecule has 2 nitrogen and oxygen atoms in total. The van der Waals surface area contributed by atoms with E-state index in [1.165, 1.54) is 0 Å². The summed E-state index contributed by atoms with van der Waals surface area (Å²) in [7, 11) is 0. The Bertz CT molecular complexity index is 570. The maximum absolute atomic E-state index is 8.99. The van der Waals surface area contributed by atoms with Gasteiger partial charge in [-0.15, -0.1) is 0 Å². The zero-order valence-electron chi connectivity index (χ0n) is 9.27. The molecule has 0 spiro atoms. The molecule has 2 rings (SSSR count). The maximum Gasteiger partial charge on any atom is 0.145 e. The van der Waals surface area contributed by atoms with Crippen molar-refractivity contribution >= 4 is 15.9 Å². The van der Waals surface area contributed by atoms with Gasteiger partial charge in [0.1, 0.15) is 17.6 Å². The summed E-state index contributed by atoms with van der Waals surface area (Å²) in [5.74, 6) is 1.31. The SMILES string of the molecule is Cc1ccc(C#N)c(Oc2ccc(Br)cc2)c1. The van der Waals surface area contributed by atoms with Crippen molar-refractivity contribution in [2.75, 3.05) is 0 Å². The zero-order chi connectivity index (χ0) is 12.3. The second kappa shape index (κ2) is 5.03. The van der Waals surface area contributed by atoms with Gasteiger partial charge in [0, 0.05) is 4.47 Å². The number of halogens is 1. The molecule has 0 aromatic heterocycles. The predicted molar refractivity (Wildman–Crippen MR) is 70.1 cm³/mol. The number of nitriles is 1. The third-order valence-electron chi connectivity index (χ3n) is 2.30. The summed E-state index contributed by atoms with van der Waals surface area (Å²) in [6, 6.07) is 15.2. The van der Waals surface area contributed by atoms with Crippen LogP contribution in [0.25, 0.3) is 0 Å². The Morgan fingerprint density at radius 3 is 2.47 bits per heavy atom. The first-order valence-corrected chi connectivity index (χ1v) is 5.92. The molecule has 17 heavy (non-hydrogen) atoms. The molecular weight excluding hydrogens is 278 g/mol. The third kappa shape index (κ3) is 2.86. The summed E-state index contributed by atoms with van der Waals surface area (Å²) in [6.07, 6.45) is 0. The number of rotatable bonds is 2. The lowest BCUT2D eigenvalue weighted by Crippen LogP contribution is -1.89. The van der Waals surface area contributed by atoms with Gasteiger partial charge in [-0.1, -0.05) is 22.0 Å². The van der Waals surface area contributed by atoms with Gasteiger partial charge in [-0.3, -0.25) is 0 Å². The smallest absolute Gasteiger partial charge is 0.145 e. The fraction of sp³-hybridized carbons (Fsp3) is 0.0714. The highest BCUT2D eigenvalue weighted by Gasteiger charge is 2.04. The Morgan fingerprint density at radius 2 is 1.82 bits per heavy atom. The number of hydrogen-bond acceptors (Lipinski definition) is 2. The molecule has 0 aliphatic rings. The number of benzene rings is 2. The molecule has 0 amide bonds. The van der Waals surface area contributed by atoms with E-state index in [1.54, 1.807) is 6.07 Å². The van der Waals surface area contributed by atoms with E-state index < -0.39 is 0 Å². The van der Waals surface area contributed by atoms with Gasteiger partial charge in [-0.2, -0.15) is 5.26 Å². The van der Waals surface area contributed by atoms with E-state index in [1.807, 2.05) is 43.3 Å². The van der Waals surface area contributed by atoms with E-state index in [4.69, 9.17) is 10.00 Å². The van der Waals surface area contributed by atoms with Crippen LogP contribution in [0.15, 0.2) is 46.9 Å². The molecule has 0 bridgehead atoms. The van der Waals surface area contributed by atoms with Gasteiger partial charge in [0.25, 0.3) is 0 Å². The number of aryl methyl sites for hydroxylation is 1. The maximum atomic E-state index is 8.99. The Balaban J connectivity index is 2.32. The first-order chi connectivity index (χ1) is 8.19. The molecular formula is C14H10BrNO. The minimum Gasteiger partial charge on any atom is -0.456 e. The highest BCUT2D eigenvalue weighted by Crippen LogP contribution is 2.27. The molecule has 3 heteroatoms. The van der Waals surface area contributed by atoms with Crippen molar-refractivity contribution in [2.45, 2.75) is 6.92 Å². The Kier molecular flexibility index (Phi) is 3.46. The lowest BCUT2D eigenvalue weighted by Gasteiger charge is -2.08. The lowest BCUT2D eigenvalue weighted by molar-refractivity contribution is 0.480. The quantitative estimate of drug-likeness (QED) is 0.819. The minimum absolute atomic E-state index is 0.540. The van der Waals surface area contributed by atoms with Crippen molar-refractivity contribution in [3.63, 3.8) is 0 Å². The van der Waals surface area contributed by atoms with E-state index in [-0.39, 0.29) is 0 Å². The van der Waals surface area contributed by atoms with E-state index >= 15 is 0 Å². The monoisotopic (exact) mass is 287 g/mol. The van der Waals surface area contributed by atoms with Gasteiger partial charge in [0.2, 0.25) is 0 Å². The standard InChI is InChI=1S/C14H10BrNO/c1-10-2-3-11(9-16)14(8-10)17-13-6-4-12(15)5-7-13/h2-8H,1H3. The molecule has 0 aliphatic heterocycles. The van der Waals surface area contributed by atoms with Crippen LogP contribution in [0.2, 0.25) is 0 Å². The highest BCUT2D eigenvalue weighted by atomic mass is 79.9. The Hall–Kier alpha value is -1.79. The molecule has 0 fully saturated rings. The molecule has 0 radical (unpaired) electrons. The van der Waals surface area contributed by atoms with Crippen molar-refractivity contribution in [2.24, 2.45) is 0 Å². The molecule has 0 saturated heterocycles. The Labute approximate surface area is 109 Å². The van der Waals surface area contributed by atoms with E-state index in [0.717, 1.165) is 15.8 Å². The first kappa shape index (κ1) is 11.7. The predicted octanol–water partition coefficient (Wildman–Crippen LogP) is 4.42. The van der Waals surface area contributed by atoms with Crippen LogP contribution in [0, 0.1) is 18.3 Å². The summed E-state index contributed by atoms with van der Waals surface area (Å²) >= 11 is 3.36. The third-order valence-corrected chi connectivity index (χ3v) is 2.83. The van der Waals surface area contributed by atoms with Gasteiger partial charge < -0.3 is 4.74 Å². The normalized spacial score (nSPS) is 9.71. The molecule has 84 valence electrons.